The third-order valence-corrected chi connectivity index (χ3v) is 6.16. The first kappa shape index (κ1) is 29.1. The molecule has 0 aliphatic heterocycles. The van der Waals surface area contributed by atoms with Crippen molar-refractivity contribution in [1.82, 2.24) is 19.5 Å². The predicted octanol–water partition coefficient (Wildman–Crippen LogP) is 6.84. The number of anilines is 2. The second kappa shape index (κ2) is 12.5. The number of aryl methyl sites for hydroxylation is 2. The summed E-state index contributed by atoms with van der Waals surface area (Å²) in [4.78, 5) is 36.4. The van der Waals surface area contributed by atoms with Crippen LogP contribution in [0.25, 0.3) is 22.1 Å². The van der Waals surface area contributed by atoms with E-state index in [-0.39, 0.29) is 6.61 Å². The fourth-order valence-electron chi connectivity index (χ4n) is 4.30. The maximum atomic E-state index is 12.6. The number of fused-ring (bicyclic) bond motifs is 2. The molecule has 0 saturated carbocycles. The van der Waals surface area contributed by atoms with E-state index in [9.17, 15) is 9.59 Å². The van der Waals surface area contributed by atoms with Crippen LogP contribution in [0.1, 0.15) is 51.3 Å². The zero-order valence-electron chi connectivity index (χ0n) is 24.0. The Bertz CT molecular complexity index is 1650. The van der Waals surface area contributed by atoms with Crippen LogP contribution in [0, 0.1) is 0 Å². The van der Waals surface area contributed by atoms with Gasteiger partial charge in [-0.2, -0.15) is 0 Å². The number of carbonyl (C=O) groups is 2. The number of imidazole rings is 2. The Labute approximate surface area is 238 Å². The van der Waals surface area contributed by atoms with E-state index in [4.69, 9.17) is 15.2 Å². The average Bonchev–Trinajstić information content (AvgIpc) is 3.58. The van der Waals surface area contributed by atoms with Crippen molar-refractivity contribution < 1.29 is 19.1 Å². The fraction of sp³-hybridized carbons (Fsp3) is 0.290. The molecule has 0 saturated heterocycles. The number of H-pyrrole nitrogens is 1. The summed E-state index contributed by atoms with van der Waals surface area (Å²) >= 11 is 0. The molecule has 5 aromatic rings. The molecule has 2 heterocycles. The van der Waals surface area contributed by atoms with Crippen molar-refractivity contribution in [3.8, 4) is 0 Å². The molecule has 5 rings (SSSR count). The number of nitrogen functional groups attached to an aromatic ring is 1. The highest BCUT2D eigenvalue weighted by molar-refractivity contribution is 5.94. The number of carbonyl (C=O) groups excluding carboxylic acids is 2. The summed E-state index contributed by atoms with van der Waals surface area (Å²) in [6.07, 6.45) is 3.70. The Balaban J connectivity index is 0.000000267. The maximum absolute atomic E-state index is 12.6. The van der Waals surface area contributed by atoms with Gasteiger partial charge < -0.3 is 20.2 Å². The zero-order valence-corrected chi connectivity index (χ0v) is 24.0. The molecule has 0 bridgehead atoms. The molecule has 0 radical (unpaired) electrons. The quantitative estimate of drug-likeness (QED) is 0.202. The van der Waals surface area contributed by atoms with E-state index >= 15 is 0 Å². The van der Waals surface area contributed by atoms with Gasteiger partial charge >= 0.3 is 12.2 Å². The standard InChI is InChI=1S/C22H25N3O4.C9H11N3/c1-5-16-11-17(24-20(26)29-22(2,3)4)12-18-19(16)23-14-25(18)21(27)28-13-15-9-7-6-8-10-15;1-2-6-3-7(10)4-8-9(6)12-5-11-8/h6-12,14H,5,13H2,1-4H3,(H,24,26);3-5H,2,10H2,1H3,(H,11,12). The van der Waals surface area contributed by atoms with Crippen LogP contribution in [0.2, 0.25) is 0 Å². The number of hydrogen-bond acceptors (Lipinski definition) is 7. The Hall–Kier alpha value is -4.86. The molecule has 0 atom stereocenters. The third-order valence-electron chi connectivity index (χ3n) is 6.16. The van der Waals surface area contributed by atoms with Gasteiger partial charge in [-0.25, -0.2) is 24.1 Å². The molecule has 0 fully saturated rings. The van der Waals surface area contributed by atoms with Crippen molar-refractivity contribution in [2.24, 2.45) is 0 Å². The summed E-state index contributed by atoms with van der Waals surface area (Å²) < 4.78 is 12.1. The molecule has 0 spiro atoms. The van der Waals surface area contributed by atoms with E-state index in [1.165, 1.54) is 16.5 Å². The molecule has 3 aromatic carbocycles. The SMILES string of the molecule is CCc1cc(N)cc2[nH]cnc12.CCc1cc(NC(=O)OC(C)(C)C)cc2c1ncn2C(=O)OCc1ccccc1. The molecule has 0 aliphatic carbocycles. The Morgan fingerprint density at radius 1 is 0.976 bits per heavy atom. The Kier molecular flexibility index (Phi) is 8.91. The molecule has 10 nitrogen and oxygen atoms in total. The van der Waals surface area contributed by atoms with Gasteiger partial charge in [0, 0.05) is 11.4 Å². The highest BCUT2D eigenvalue weighted by Gasteiger charge is 2.19. The van der Waals surface area contributed by atoms with E-state index in [1.54, 1.807) is 33.2 Å². The number of nitrogens with two attached hydrogens (primary N) is 1. The molecular formula is C31H36N6O4. The fourth-order valence-corrected chi connectivity index (χ4v) is 4.30. The first-order chi connectivity index (χ1) is 19.6. The van der Waals surface area contributed by atoms with Crippen LogP contribution >= 0.6 is 0 Å². The topological polar surface area (TPSA) is 137 Å². The largest absolute Gasteiger partial charge is 0.444 e. The van der Waals surface area contributed by atoms with Crippen molar-refractivity contribution in [2.75, 3.05) is 11.1 Å². The highest BCUT2D eigenvalue weighted by atomic mass is 16.6. The summed E-state index contributed by atoms with van der Waals surface area (Å²) in [5.41, 5.74) is 12.7. The Morgan fingerprint density at radius 2 is 1.68 bits per heavy atom. The molecule has 0 unspecified atom stereocenters. The van der Waals surface area contributed by atoms with Crippen LogP contribution in [0.4, 0.5) is 21.0 Å². The smallest absolute Gasteiger partial charge is 0.420 e. The predicted molar refractivity (Wildman–Crippen MR) is 161 cm³/mol. The van der Waals surface area contributed by atoms with E-state index in [0.717, 1.165) is 34.3 Å². The van der Waals surface area contributed by atoms with E-state index in [0.29, 0.717) is 23.1 Å². The number of rotatable bonds is 5. The zero-order chi connectivity index (χ0) is 29.6. The van der Waals surface area contributed by atoms with Crippen LogP contribution < -0.4 is 11.1 Å². The lowest BCUT2D eigenvalue weighted by Crippen LogP contribution is -2.27. The Morgan fingerprint density at radius 3 is 2.37 bits per heavy atom. The van der Waals surface area contributed by atoms with Gasteiger partial charge in [0.15, 0.2) is 0 Å². The van der Waals surface area contributed by atoms with Gasteiger partial charge in [0.25, 0.3) is 0 Å². The lowest BCUT2D eigenvalue weighted by Gasteiger charge is -2.20. The van der Waals surface area contributed by atoms with Crippen LogP contribution in [-0.4, -0.2) is 37.3 Å². The van der Waals surface area contributed by atoms with Crippen molar-refractivity contribution >= 4 is 45.6 Å². The second-order valence-corrected chi connectivity index (χ2v) is 10.5. The molecule has 2 aromatic heterocycles. The minimum absolute atomic E-state index is 0.163. The van der Waals surface area contributed by atoms with Gasteiger partial charge in [-0.1, -0.05) is 44.2 Å². The molecule has 214 valence electrons. The van der Waals surface area contributed by atoms with E-state index < -0.39 is 17.8 Å². The molecule has 10 heteroatoms. The molecule has 4 N–H and O–H groups in total. The van der Waals surface area contributed by atoms with Crippen LogP contribution in [0.15, 0.2) is 67.3 Å². The second-order valence-electron chi connectivity index (χ2n) is 10.5. The van der Waals surface area contributed by atoms with Crippen LogP contribution in [0.5, 0.6) is 0 Å². The van der Waals surface area contributed by atoms with Gasteiger partial charge in [0.05, 0.1) is 28.4 Å². The summed E-state index contributed by atoms with van der Waals surface area (Å²) in [7, 11) is 0. The summed E-state index contributed by atoms with van der Waals surface area (Å²) in [6, 6.07) is 16.9. The minimum Gasteiger partial charge on any atom is -0.444 e. The van der Waals surface area contributed by atoms with E-state index in [1.807, 2.05) is 55.5 Å². The number of aromatic nitrogens is 4. The van der Waals surface area contributed by atoms with Gasteiger partial charge in [-0.3, -0.25) is 5.32 Å². The van der Waals surface area contributed by atoms with Crippen LogP contribution in [-0.2, 0) is 28.9 Å². The van der Waals surface area contributed by atoms with Gasteiger partial charge in [-0.15, -0.1) is 0 Å². The highest BCUT2D eigenvalue weighted by Crippen LogP contribution is 2.25. The number of hydrogen-bond donors (Lipinski definition) is 3. The van der Waals surface area contributed by atoms with E-state index in [2.05, 4.69) is 27.2 Å². The van der Waals surface area contributed by atoms with Crippen molar-refractivity contribution in [3.05, 3.63) is 83.9 Å². The normalized spacial score (nSPS) is 11.1. The lowest BCUT2D eigenvalue weighted by atomic mass is 10.1. The van der Waals surface area contributed by atoms with Crippen molar-refractivity contribution in [2.45, 2.75) is 59.7 Å². The van der Waals surface area contributed by atoms with Crippen molar-refractivity contribution in [3.63, 3.8) is 0 Å². The van der Waals surface area contributed by atoms with Crippen molar-refractivity contribution in [1.29, 1.82) is 0 Å². The number of aromatic amines is 1. The molecular weight excluding hydrogens is 520 g/mol. The van der Waals surface area contributed by atoms with Gasteiger partial charge in [-0.05, 0) is 74.6 Å². The lowest BCUT2D eigenvalue weighted by molar-refractivity contribution is 0.0636. The number of amides is 1. The molecule has 41 heavy (non-hydrogen) atoms. The van der Waals surface area contributed by atoms with Crippen LogP contribution in [0.3, 0.4) is 0 Å². The first-order valence-electron chi connectivity index (χ1n) is 13.5. The minimum atomic E-state index is -0.606. The molecule has 1 amide bonds. The number of nitrogens with zero attached hydrogens (tertiary/aromatic N) is 3. The number of ether oxygens (including phenoxy) is 2. The van der Waals surface area contributed by atoms with Gasteiger partial charge in [0.1, 0.15) is 18.5 Å². The van der Waals surface area contributed by atoms with Gasteiger partial charge in [0.2, 0.25) is 0 Å². The third kappa shape index (κ3) is 7.42. The first-order valence-corrected chi connectivity index (χ1v) is 13.5. The summed E-state index contributed by atoms with van der Waals surface area (Å²) in [6.45, 7) is 9.64. The average molecular weight is 557 g/mol. The maximum Gasteiger partial charge on any atom is 0.420 e. The molecule has 0 aliphatic rings. The number of benzene rings is 3. The monoisotopic (exact) mass is 556 g/mol. The summed E-state index contributed by atoms with van der Waals surface area (Å²) in [5, 5.41) is 2.72. The number of nitrogens with one attached hydrogen (secondary N) is 2. The summed E-state index contributed by atoms with van der Waals surface area (Å²) in [5.74, 6) is 0.